The number of ketones is 1. The SMILES string of the molecule is COc1ccc(/C(O)=C2/C(=O)C(=O)N(c3ccc(OC)cc3)C2c2cccc(O)c2)cc1. The Morgan fingerprint density at radius 1 is 0.875 bits per heavy atom. The number of carbonyl (C=O) groups is 2. The minimum Gasteiger partial charge on any atom is -0.508 e. The van der Waals surface area contributed by atoms with Gasteiger partial charge in [-0.25, -0.2) is 0 Å². The van der Waals surface area contributed by atoms with Crippen LogP contribution in [-0.2, 0) is 9.59 Å². The molecule has 1 aliphatic rings. The predicted octanol–water partition coefficient (Wildman–Crippen LogP) is 4.04. The van der Waals surface area contributed by atoms with Crippen LogP contribution in [0.3, 0.4) is 0 Å². The zero-order chi connectivity index (χ0) is 22.8. The molecular formula is C25H21NO6. The second-order valence-corrected chi connectivity index (χ2v) is 7.19. The maximum absolute atomic E-state index is 13.1. The second-order valence-electron chi connectivity index (χ2n) is 7.19. The number of aromatic hydroxyl groups is 1. The molecule has 1 saturated heterocycles. The van der Waals surface area contributed by atoms with Crippen LogP contribution in [0.5, 0.6) is 17.2 Å². The minimum atomic E-state index is -0.933. The third kappa shape index (κ3) is 3.65. The lowest BCUT2D eigenvalue weighted by molar-refractivity contribution is -0.132. The Morgan fingerprint density at radius 2 is 1.47 bits per heavy atom. The Morgan fingerprint density at radius 3 is 2.03 bits per heavy atom. The minimum absolute atomic E-state index is 0.0210. The van der Waals surface area contributed by atoms with E-state index in [9.17, 15) is 19.8 Å². The van der Waals surface area contributed by atoms with E-state index in [-0.39, 0.29) is 17.1 Å². The summed E-state index contributed by atoms with van der Waals surface area (Å²) in [5, 5.41) is 21.1. The first-order valence-electron chi connectivity index (χ1n) is 9.83. The molecule has 4 rings (SSSR count). The highest BCUT2D eigenvalue weighted by Crippen LogP contribution is 2.43. The maximum Gasteiger partial charge on any atom is 0.300 e. The largest absolute Gasteiger partial charge is 0.508 e. The van der Waals surface area contributed by atoms with E-state index in [1.807, 2.05) is 0 Å². The van der Waals surface area contributed by atoms with Crippen LogP contribution in [0.4, 0.5) is 5.69 Å². The van der Waals surface area contributed by atoms with Crippen molar-refractivity contribution in [3.05, 3.63) is 89.5 Å². The molecule has 0 spiro atoms. The smallest absolute Gasteiger partial charge is 0.300 e. The number of nitrogens with zero attached hydrogens (tertiary/aromatic N) is 1. The number of rotatable bonds is 5. The van der Waals surface area contributed by atoms with Gasteiger partial charge in [0.15, 0.2) is 0 Å². The fourth-order valence-corrected chi connectivity index (χ4v) is 3.76. The number of phenols is 1. The highest BCUT2D eigenvalue weighted by atomic mass is 16.5. The molecule has 0 bridgehead atoms. The standard InChI is InChI=1S/C25H21NO6/c1-31-19-10-6-15(7-11-19)23(28)21-22(16-4-3-5-18(27)14-16)26(25(30)24(21)29)17-8-12-20(32-2)13-9-17/h3-14,22,27-28H,1-2H3/b23-21-. The molecule has 3 aromatic rings. The van der Waals surface area contributed by atoms with Gasteiger partial charge in [0.1, 0.15) is 23.0 Å². The number of ether oxygens (including phenoxy) is 2. The Bertz CT molecular complexity index is 1200. The van der Waals surface area contributed by atoms with E-state index >= 15 is 0 Å². The van der Waals surface area contributed by atoms with E-state index in [1.165, 1.54) is 31.3 Å². The molecule has 0 radical (unpaired) electrons. The quantitative estimate of drug-likeness (QED) is 0.360. The summed E-state index contributed by atoms with van der Waals surface area (Å²) in [6, 6.07) is 18.5. The molecular weight excluding hydrogens is 410 g/mol. The van der Waals surface area contributed by atoms with Gasteiger partial charge in [-0.1, -0.05) is 12.1 Å². The van der Waals surface area contributed by atoms with Gasteiger partial charge in [-0.05, 0) is 66.2 Å². The Balaban J connectivity index is 1.90. The molecule has 162 valence electrons. The average Bonchev–Trinajstić information content (AvgIpc) is 3.09. The maximum atomic E-state index is 13.1. The molecule has 1 atom stereocenters. The summed E-state index contributed by atoms with van der Waals surface area (Å²) < 4.78 is 10.3. The highest BCUT2D eigenvalue weighted by Gasteiger charge is 2.47. The molecule has 1 unspecified atom stereocenters. The molecule has 7 heteroatoms. The van der Waals surface area contributed by atoms with Crippen molar-refractivity contribution >= 4 is 23.1 Å². The van der Waals surface area contributed by atoms with Crippen LogP contribution in [0.2, 0.25) is 0 Å². The number of aliphatic hydroxyl groups is 1. The van der Waals surface area contributed by atoms with Crippen molar-refractivity contribution in [3.63, 3.8) is 0 Å². The van der Waals surface area contributed by atoms with Gasteiger partial charge in [0, 0.05) is 11.3 Å². The van der Waals surface area contributed by atoms with Crippen molar-refractivity contribution in [2.24, 2.45) is 0 Å². The molecule has 1 aliphatic heterocycles. The number of benzene rings is 3. The predicted molar refractivity (Wildman–Crippen MR) is 119 cm³/mol. The Labute approximate surface area is 184 Å². The summed E-state index contributed by atoms with van der Waals surface area (Å²) in [6.07, 6.45) is 0. The van der Waals surface area contributed by atoms with Crippen LogP contribution >= 0.6 is 0 Å². The number of Topliss-reactive ketones (excluding diaryl/α,β-unsaturated/α-hetero) is 1. The van der Waals surface area contributed by atoms with Gasteiger partial charge in [0.25, 0.3) is 11.7 Å². The van der Waals surface area contributed by atoms with Crippen molar-refractivity contribution in [2.75, 3.05) is 19.1 Å². The zero-order valence-electron chi connectivity index (χ0n) is 17.5. The fraction of sp³-hybridized carbons (Fsp3) is 0.120. The number of amides is 1. The van der Waals surface area contributed by atoms with E-state index in [0.29, 0.717) is 28.3 Å². The van der Waals surface area contributed by atoms with Gasteiger partial charge in [0.05, 0.1) is 25.8 Å². The molecule has 7 nitrogen and oxygen atoms in total. The summed E-state index contributed by atoms with van der Waals surface area (Å²) in [7, 11) is 3.06. The van der Waals surface area contributed by atoms with Gasteiger partial charge >= 0.3 is 0 Å². The molecule has 1 amide bonds. The lowest BCUT2D eigenvalue weighted by atomic mass is 9.95. The number of aliphatic hydroxyl groups excluding tert-OH is 1. The van der Waals surface area contributed by atoms with Gasteiger partial charge in [-0.2, -0.15) is 0 Å². The fourth-order valence-electron chi connectivity index (χ4n) is 3.76. The van der Waals surface area contributed by atoms with E-state index in [2.05, 4.69) is 0 Å². The summed E-state index contributed by atoms with van der Waals surface area (Å²) >= 11 is 0. The number of anilines is 1. The summed E-state index contributed by atoms with van der Waals surface area (Å²) in [5.41, 5.74) is 1.23. The number of phenolic OH excluding ortho intramolecular Hbond substituents is 1. The molecule has 1 fully saturated rings. The first-order chi connectivity index (χ1) is 15.4. The van der Waals surface area contributed by atoms with Gasteiger partial charge in [0.2, 0.25) is 0 Å². The number of methoxy groups -OCH3 is 2. The van der Waals surface area contributed by atoms with E-state index in [1.54, 1.807) is 60.7 Å². The molecule has 2 N–H and O–H groups in total. The summed E-state index contributed by atoms with van der Waals surface area (Å²) in [6.45, 7) is 0. The van der Waals surface area contributed by atoms with Crippen LogP contribution in [0.25, 0.3) is 5.76 Å². The van der Waals surface area contributed by atoms with Crippen molar-refractivity contribution in [3.8, 4) is 17.2 Å². The average molecular weight is 431 g/mol. The molecule has 0 aromatic heterocycles. The van der Waals surface area contributed by atoms with Gasteiger partial charge < -0.3 is 19.7 Å². The van der Waals surface area contributed by atoms with Crippen LogP contribution in [-0.4, -0.2) is 36.1 Å². The second kappa shape index (κ2) is 8.47. The number of hydrogen-bond donors (Lipinski definition) is 2. The lowest BCUT2D eigenvalue weighted by Gasteiger charge is -2.25. The Hall–Kier alpha value is -4.26. The third-order valence-electron chi connectivity index (χ3n) is 5.34. The zero-order valence-corrected chi connectivity index (χ0v) is 17.5. The van der Waals surface area contributed by atoms with Crippen LogP contribution < -0.4 is 14.4 Å². The molecule has 0 aliphatic carbocycles. The first kappa shape index (κ1) is 21.0. The Kier molecular flexibility index (Phi) is 5.55. The van der Waals surface area contributed by atoms with Crippen molar-refractivity contribution in [2.45, 2.75) is 6.04 Å². The highest BCUT2D eigenvalue weighted by molar-refractivity contribution is 6.51. The first-order valence-corrected chi connectivity index (χ1v) is 9.83. The molecule has 3 aromatic carbocycles. The van der Waals surface area contributed by atoms with E-state index in [0.717, 1.165) is 0 Å². The lowest BCUT2D eigenvalue weighted by Crippen LogP contribution is -2.29. The van der Waals surface area contributed by atoms with Crippen LogP contribution in [0.1, 0.15) is 17.2 Å². The normalized spacial score (nSPS) is 17.4. The monoisotopic (exact) mass is 431 g/mol. The molecule has 1 heterocycles. The summed E-state index contributed by atoms with van der Waals surface area (Å²) in [4.78, 5) is 27.5. The van der Waals surface area contributed by atoms with Gasteiger partial charge in [-0.15, -0.1) is 0 Å². The van der Waals surface area contributed by atoms with Gasteiger partial charge in [-0.3, -0.25) is 14.5 Å². The van der Waals surface area contributed by atoms with E-state index < -0.39 is 17.7 Å². The van der Waals surface area contributed by atoms with Crippen LogP contribution in [0, 0.1) is 0 Å². The molecule has 32 heavy (non-hydrogen) atoms. The number of carbonyl (C=O) groups excluding carboxylic acids is 2. The molecule has 0 saturated carbocycles. The van der Waals surface area contributed by atoms with E-state index in [4.69, 9.17) is 9.47 Å². The number of hydrogen-bond acceptors (Lipinski definition) is 6. The summed E-state index contributed by atoms with van der Waals surface area (Å²) in [5.74, 6) is -0.745. The van der Waals surface area contributed by atoms with Crippen LogP contribution in [0.15, 0.2) is 78.4 Å². The van der Waals surface area contributed by atoms with Crippen molar-refractivity contribution in [1.82, 2.24) is 0 Å². The third-order valence-corrected chi connectivity index (χ3v) is 5.34. The van der Waals surface area contributed by atoms with Crippen molar-refractivity contribution < 1.29 is 29.3 Å². The van der Waals surface area contributed by atoms with Crippen molar-refractivity contribution in [1.29, 1.82) is 0 Å². The topological polar surface area (TPSA) is 96.3 Å².